The number of rotatable bonds is 1. The highest BCUT2D eigenvalue weighted by molar-refractivity contribution is 6.42. The van der Waals surface area contributed by atoms with Gasteiger partial charge in [0.25, 0.3) is 0 Å². The molecule has 0 amide bonds. The maximum Gasteiger partial charge on any atom is 0.357 e. The van der Waals surface area contributed by atoms with E-state index in [2.05, 4.69) is 4.98 Å². The monoisotopic (exact) mass is 296 g/mol. The molecule has 1 aliphatic heterocycles. The van der Waals surface area contributed by atoms with E-state index in [0.717, 1.165) is 11.4 Å². The molecule has 3 rings (SSSR count). The second kappa shape index (κ2) is 4.54. The minimum absolute atomic E-state index is 0.142. The highest BCUT2D eigenvalue weighted by Gasteiger charge is 2.29. The summed E-state index contributed by atoms with van der Waals surface area (Å²) in [6.45, 7) is 1.85. The van der Waals surface area contributed by atoms with Gasteiger partial charge in [0.15, 0.2) is 5.69 Å². The van der Waals surface area contributed by atoms with Gasteiger partial charge in [0.05, 0.1) is 15.7 Å². The van der Waals surface area contributed by atoms with Crippen molar-refractivity contribution >= 4 is 29.2 Å². The van der Waals surface area contributed by atoms with Crippen LogP contribution >= 0.6 is 23.2 Å². The van der Waals surface area contributed by atoms with E-state index in [0.29, 0.717) is 22.2 Å². The molecule has 0 saturated heterocycles. The maximum absolute atomic E-state index is 12.0. The van der Waals surface area contributed by atoms with Crippen LogP contribution < -0.4 is 0 Å². The summed E-state index contributed by atoms with van der Waals surface area (Å²) < 4.78 is 6.90. The Labute approximate surface area is 119 Å². The number of halogens is 2. The molecule has 2 aromatic rings. The van der Waals surface area contributed by atoms with Gasteiger partial charge in [0.2, 0.25) is 0 Å². The van der Waals surface area contributed by atoms with Crippen molar-refractivity contribution in [1.29, 1.82) is 0 Å². The predicted molar refractivity (Wildman–Crippen MR) is 72.2 cm³/mol. The normalized spacial score (nSPS) is 18.1. The summed E-state index contributed by atoms with van der Waals surface area (Å²) in [4.78, 5) is 16.2. The lowest BCUT2D eigenvalue weighted by Gasteiger charge is -2.19. The molecule has 1 aromatic heterocycles. The molecule has 0 saturated carbocycles. The van der Waals surface area contributed by atoms with Gasteiger partial charge in [-0.25, -0.2) is 9.78 Å². The zero-order valence-electron chi connectivity index (χ0n) is 10.1. The summed E-state index contributed by atoms with van der Waals surface area (Å²) in [6, 6.07) is 5.15. The van der Waals surface area contributed by atoms with Crippen molar-refractivity contribution in [2.75, 3.05) is 0 Å². The van der Waals surface area contributed by atoms with Crippen LogP contribution in [0.3, 0.4) is 0 Å². The van der Waals surface area contributed by atoms with E-state index >= 15 is 0 Å². The summed E-state index contributed by atoms with van der Waals surface area (Å²) in [6.07, 6.45) is 2.08. The molecule has 6 heteroatoms. The van der Waals surface area contributed by atoms with Crippen molar-refractivity contribution in [1.82, 2.24) is 9.55 Å². The van der Waals surface area contributed by atoms with Crippen LogP contribution in [0, 0.1) is 0 Å². The van der Waals surface area contributed by atoms with Crippen LogP contribution in [0.4, 0.5) is 0 Å². The molecule has 1 atom stereocenters. The topological polar surface area (TPSA) is 44.1 Å². The van der Waals surface area contributed by atoms with E-state index in [1.165, 1.54) is 0 Å². The number of esters is 1. The van der Waals surface area contributed by atoms with Crippen LogP contribution in [-0.4, -0.2) is 21.6 Å². The van der Waals surface area contributed by atoms with Gasteiger partial charge >= 0.3 is 5.97 Å². The van der Waals surface area contributed by atoms with Crippen molar-refractivity contribution in [2.24, 2.45) is 0 Å². The Morgan fingerprint density at radius 2 is 2.16 bits per heavy atom. The lowest BCUT2D eigenvalue weighted by molar-refractivity contribution is 0.0288. The highest BCUT2D eigenvalue weighted by Crippen LogP contribution is 2.27. The number of fused-ring (bicyclic) bond motifs is 1. The number of nitrogens with zero attached hydrogens (tertiary/aromatic N) is 2. The molecular weight excluding hydrogens is 287 g/mol. The summed E-state index contributed by atoms with van der Waals surface area (Å²) in [5, 5.41) is 0.898. The van der Waals surface area contributed by atoms with Gasteiger partial charge in [0, 0.05) is 12.1 Å². The number of cyclic esters (lactones) is 1. The Bertz CT molecular complexity index is 667. The molecule has 0 fully saturated rings. The predicted octanol–water partition coefficient (Wildman–Crippen LogP) is 3.28. The Hall–Kier alpha value is -1.52. The van der Waals surface area contributed by atoms with Gasteiger partial charge in [-0.1, -0.05) is 23.2 Å². The van der Waals surface area contributed by atoms with Gasteiger partial charge in [-0.3, -0.25) is 4.57 Å². The Morgan fingerprint density at radius 3 is 2.89 bits per heavy atom. The van der Waals surface area contributed by atoms with Gasteiger partial charge < -0.3 is 4.74 Å². The van der Waals surface area contributed by atoms with E-state index in [1.54, 1.807) is 29.1 Å². The van der Waals surface area contributed by atoms with Crippen molar-refractivity contribution in [3.63, 3.8) is 0 Å². The summed E-state index contributed by atoms with van der Waals surface area (Å²) in [5.41, 5.74) is 1.93. The molecule has 19 heavy (non-hydrogen) atoms. The van der Waals surface area contributed by atoms with Crippen LogP contribution in [-0.2, 0) is 11.2 Å². The summed E-state index contributed by atoms with van der Waals surface area (Å²) in [5.74, 6) is -0.364. The van der Waals surface area contributed by atoms with Crippen LogP contribution in [0.1, 0.15) is 23.1 Å². The van der Waals surface area contributed by atoms with Gasteiger partial charge in [-0.05, 0) is 25.1 Å². The number of hydrogen-bond donors (Lipinski definition) is 0. The minimum atomic E-state index is -0.364. The standard InChI is InChI=1S/C13H10Cl2N2O2/c1-7-4-11-12(13(18)19-7)17(6-16-11)8-2-3-9(14)10(15)5-8/h2-3,5-7H,4H2,1H3. The first-order chi connectivity index (χ1) is 9.06. The van der Waals surface area contributed by atoms with Crippen LogP contribution in [0.25, 0.3) is 5.69 Å². The van der Waals surface area contributed by atoms with E-state index in [9.17, 15) is 4.79 Å². The molecular formula is C13H10Cl2N2O2. The van der Waals surface area contributed by atoms with Crippen molar-refractivity contribution in [3.05, 3.63) is 46.0 Å². The lowest BCUT2D eigenvalue weighted by atomic mass is 10.1. The fraction of sp³-hybridized carbons (Fsp3) is 0.231. The molecule has 0 aliphatic carbocycles. The molecule has 0 radical (unpaired) electrons. The quantitative estimate of drug-likeness (QED) is 0.759. The van der Waals surface area contributed by atoms with E-state index in [1.807, 2.05) is 6.92 Å². The third-order valence-electron chi connectivity index (χ3n) is 3.01. The first-order valence-electron chi connectivity index (χ1n) is 5.79. The number of benzene rings is 1. The zero-order chi connectivity index (χ0) is 13.6. The second-order valence-corrected chi connectivity index (χ2v) is 5.24. The average molecular weight is 297 g/mol. The highest BCUT2D eigenvalue weighted by atomic mass is 35.5. The van der Waals surface area contributed by atoms with Crippen LogP contribution in [0.5, 0.6) is 0 Å². The molecule has 0 N–H and O–H groups in total. The van der Waals surface area contributed by atoms with Crippen molar-refractivity contribution in [2.45, 2.75) is 19.4 Å². The second-order valence-electron chi connectivity index (χ2n) is 4.43. The lowest BCUT2D eigenvalue weighted by Crippen LogP contribution is -2.26. The summed E-state index contributed by atoms with van der Waals surface area (Å²) >= 11 is 11.9. The average Bonchev–Trinajstić information content (AvgIpc) is 2.76. The fourth-order valence-electron chi connectivity index (χ4n) is 2.13. The Morgan fingerprint density at radius 1 is 1.37 bits per heavy atom. The van der Waals surface area contributed by atoms with E-state index in [-0.39, 0.29) is 12.1 Å². The number of hydrogen-bond acceptors (Lipinski definition) is 3. The molecule has 4 nitrogen and oxygen atoms in total. The Kier molecular flexibility index (Phi) is 2.99. The van der Waals surface area contributed by atoms with Gasteiger partial charge in [0.1, 0.15) is 12.4 Å². The molecule has 98 valence electrons. The summed E-state index contributed by atoms with van der Waals surface area (Å²) in [7, 11) is 0. The molecule has 1 aromatic carbocycles. The van der Waals surface area contributed by atoms with Crippen LogP contribution in [0.15, 0.2) is 24.5 Å². The largest absolute Gasteiger partial charge is 0.458 e. The minimum Gasteiger partial charge on any atom is -0.458 e. The van der Waals surface area contributed by atoms with E-state index < -0.39 is 0 Å². The molecule has 0 spiro atoms. The van der Waals surface area contributed by atoms with E-state index in [4.69, 9.17) is 27.9 Å². The number of ether oxygens (including phenoxy) is 1. The molecule has 1 aliphatic rings. The fourth-order valence-corrected chi connectivity index (χ4v) is 2.43. The maximum atomic E-state index is 12.0. The molecule has 2 heterocycles. The first kappa shape index (κ1) is 12.5. The number of aromatic nitrogens is 2. The SMILES string of the molecule is CC1Cc2ncn(-c3ccc(Cl)c(Cl)c3)c2C(=O)O1. The zero-order valence-corrected chi connectivity index (χ0v) is 11.6. The first-order valence-corrected chi connectivity index (χ1v) is 6.54. The number of carbonyl (C=O) groups is 1. The molecule has 1 unspecified atom stereocenters. The third-order valence-corrected chi connectivity index (χ3v) is 3.75. The smallest absolute Gasteiger partial charge is 0.357 e. The van der Waals surface area contributed by atoms with Crippen LogP contribution in [0.2, 0.25) is 10.0 Å². The van der Waals surface area contributed by atoms with Crippen molar-refractivity contribution in [3.8, 4) is 5.69 Å². The molecule has 0 bridgehead atoms. The number of carbonyl (C=O) groups excluding carboxylic acids is 1. The third kappa shape index (κ3) is 2.11. The van der Waals surface area contributed by atoms with Crippen molar-refractivity contribution < 1.29 is 9.53 Å². The van der Waals surface area contributed by atoms with Gasteiger partial charge in [-0.15, -0.1) is 0 Å². The Balaban J connectivity index is 2.12. The number of imidazole rings is 1. The van der Waals surface area contributed by atoms with Gasteiger partial charge in [-0.2, -0.15) is 0 Å².